The summed E-state index contributed by atoms with van der Waals surface area (Å²) in [4.78, 5) is 4.74. The van der Waals surface area contributed by atoms with E-state index in [1.165, 1.54) is 29.9 Å². The van der Waals surface area contributed by atoms with E-state index in [-0.39, 0.29) is 0 Å². The van der Waals surface area contributed by atoms with Gasteiger partial charge in [-0.2, -0.15) is 11.8 Å². The highest BCUT2D eigenvalue weighted by atomic mass is 32.2. The minimum Gasteiger partial charge on any atom is -0.399 e. The highest BCUT2D eigenvalue weighted by Crippen LogP contribution is 2.40. The summed E-state index contributed by atoms with van der Waals surface area (Å²) in [5, 5.41) is 0. The molecule has 1 atom stereocenters. The molecule has 1 unspecified atom stereocenters. The Morgan fingerprint density at radius 3 is 3.00 bits per heavy atom. The molecule has 1 aliphatic rings. The molecule has 2 N–H and O–H groups in total. The van der Waals surface area contributed by atoms with Crippen molar-refractivity contribution < 1.29 is 0 Å². The molecule has 4 heteroatoms. The van der Waals surface area contributed by atoms with E-state index in [0.29, 0.717) is 4.75 Å². The van der Waals surface area contributed by atoms with Crippen LogP contribution in [0.25, 0.3) is 11.0 Å². The fourth-order valence-electron chi connectivity index (χ4n) is 2.94. The third-order valence-corrected chi connectivity index (χ3v) is 5.48. The van der Waals surface area contributed by atoms with Gasteiger partial charge in [-0.25, -0.2) is 4.98 Å². The smallest absolute Gasteiger partial charge is 0.109 e. The first kappa shape index (κ1) is 12.9. The maximum Gasteiger partial charge on any atom is 0.109 e. The van der Waals surface area contributed by atoms with Crippen LogP contribution in [0.1, 0.15) is 32.5 Å². The predicted octanol–water partition coefficient (Wildman–Crippen LogP) is 3.47. The Balaban J connectivity index is 2.05. The first-order valence-corrected chi connectivity index (χ1v) is 7.98. The van der Waals surface area contributed by atoms with Crippen LogP contribution in [0.4, 0.5) is 5.69 Å². The number of anilines is 1. The van der Waals surface area contributed by atoms with Gasteiger partial charge in [-0.05, 0) is 43.7 Å². The molecule has 1 aromatic carbocycles. The van der Waals surface area contributed by atoms with Crippen LogP contribution in [-0.4, -0.2) is 20.1 Å². The van der Waals surface area contributed by atoms with Crippen molar-refractivity contribution in [1.82, 2.24) is 9.55 Å². The van der Waals surface area contributed by atoms with Crippen molar-refractivity contribution in [3.05, 3.63) is 24.0 Å². The Morgan fingerprint density at radius 1 is 1.47 bits per heavy atom. The molecule has 0 amide bonds. The fourth-order valence-corrected chi connectivity index (χ4v) is 4.23. The number of thioether (sulfide) groups is 1. The number of rotatable bonds is 3. The monoisotopic (exact) mass is 275 g/mol. The van der Waals surface area contributed by atoms with Gasteiger partial charge in [0.2, 0.25) is 0 Å². The predicted molar refractivity (Wildman–Crippen MR) is 83.6 cm³/mol. The average Bonchev–Trinajstić information content (AvgIpc) is 2.94. The van der Waals surface area contributed by atoms with Crippen LogP contribution in [-0.2, 0) is 13.0 Å². The van der Waals surface area contributed by atoms with E-state index in [9.17, 15) is 0 Å². The van der Waals surface area contributed by atoms with Gasteiger partial charge in [0.1, 0.15) is 5.82 Å². The van der Waals surface area contributed by atoms with Crippen LogP contribution in [0, 0.1) is 0 Å². The molecule has 102 valence electrons. The number of benzene rings is 1. The average molecular weight is 275 g/mol. The number of fused-ring (bicyclic) bond motifs is 1. The van der Waals surface area contributed by atoms with Gasteiger partial charge in [-0.15, -0.1) is 0 Å². The summed E-state index contributed by atoms with van der Waals surface area (Å²) in [5.41, 5.74) is 8.91. The molecule has 0 aliphatic carbocycles. The van der Waals surface area contributed by atoms with E-state index < -0.39 is 0 Å². The first-order valence-electron chi connectivity index (χ1n) is 7.00. The first-order chi connectivity index (χ1) is 9.11. The summed E-state index contributed by atoms with van der Waals surface area (Å²) in [6.07, 6.45) is 3.60. The molecular formula is C15H21N3S. The summed E-state index contributed by atoms with van der Waals surface area (Å²) >= 11 is 2.10. The number of aromatic nitrogens is 2. The number of nitrogens with two attached hydrogens (primary N) is 1. The summed E-state index contributed by atoms with van der Waals surface area (Å²) in [5.74, 6) is 2.46. The summed E-state index contributed by atoms with van der Waals surface area (Å²) in [6.45, 7) is 5.61. The largest absolute Gasteiger partial charge is 0.399 e. The molecule has 0 spiro atoms. The summed E-state index contributed by atoms with van der Waals surface area (Å²) in [6, 6.07) is 6.07. The van der Waals surface area contributed by atoms with Gasteiger partial charge >= 0.3 is 0 Å². The van der Waals surface area contributed by atoms with E-state index in [1.54, 1.807) is 0 Å². The van der Waals surface area contributed by atoms with Crippen LogP contribution in [0.5, 0.6) is 0 Å². The third-order valence-electron chi connectivity index (χ3n) is 3.96. The van der Waals surface area contributed by atoms with Crippen LogP contribution >= 0.6 is 11.8 Å². The van der Waals surface area contributed by atoms with E-state index in [2.05, 4.69) is 36.2 Å². The lowest BCUT2D eigenvalue weighted by Gasteiger charge is -2.24. The van der Waals surface area contributed by atoms with Crippen molar-refractivity contribution in [3.63, 3.8) is 0 Å². The molecule has 3 rings (SSSR count). The fraction of sp³-hybridized carbons (Fsp3) is 0.533. The minimum atomic E-state index is 0.360. The molecule has 1 aliphatic heterocycles. The van der Waals surface area contributed by atoms with Crippen molar-refractivity contribution in [1.29, 1.82) is 0 Å². The highest BCUT2D eigenvalue weighted by Gasteiger charge is 2.31. The van der Waals surface area contributed by atoms with Gasteiger partial charge < -0.3 is 10.3 Å². The van der Waals surface area contributed by atoms with Crippen molar-refractivity contribution in [2.24, 2.45) is 0 Å². The number of aryl methyl sites for hydroxylation is 1. The Bertz CT molecular complexity index is 597. The third kappa shape index (κ3) is 2.34. The Morgan fingerprint density at radius 2 is 2.32 bits per heavy atom. The molecular weight excluding hydrogens is 254 g/mol. The maximum atomic E-state index is 5.86. The van der Waals surface area contributed by atoms with Crippen LogP contribution in [0.2, 0.25) is 0 Å². The van der Waals surface area contributed by atoms with Crippen LogP contribution in [0.3, 0.4) is 0 Å². The zero-order valence-electron chi connectivity index (χ0n) is 11.6. The second-order valence-corrected chi connectivity index (χ2v) is 7.30. The number of nitrogens with zero attached hydrogens (tertiary/aromatic N) is 2. The van der Waals surface area contributed by atoms with E-state index >= 15 is 0 Å². The van der Waals surface area contributed by atoms with Crippen molar-refractivity contribution >= 4 is 28.5 Å². The molecule has 0 radical (unpaired) electrons. The van der Waals surface area contributed by atoms with Crippen LogP contribution in [0.15, 0.2) is 18.2 Å². The van der Waals surface area contributed by atoms with Gasteiger partial charge in [0, 0.05) is 23.4 Å². The molecule has 1 fully saturated rings. The SMILES string of the molecule is CCc1nc2cc(N)ccc2n1CC1(C)CCCS1. The molecule has 2 aromatic rings. The highest BCUT2D eigenvalue weighted by molar-refractivity contribution is 8.00. The number of nitrogen functional groups attached to an aromatic ring is 1. The lowest BCUT2D eigenvalue weighted by Crippen LogP contribution is -2.24. The molecule has 2 heterocycles. The normalized spacial score (nSPS) is 23.3. The lowest BCUT2D eigenvalue weighted by molar-refractivity contribution is 0.507. The summed E-state index contributed by atoms with van der Waals surface area (Å²) < 4.78 is 2.76. The number of hydrogen-bond donors (Lipinski definition) is 1. The van der Waals surface area contributed by atoms with E-state index in [1.807, 2.05) is 12.1 Å². The quantitative estimate of drug-likeness (QED) is 0.872. The van der Waals surface area contributed by atoms with Crippen molar-refractivity contribution in [3.8, 4) is 0 Å². The zero-order valence-corrected chi connectivity index (χ0v) is 12.5. The molecule has 19 heavy (non-hydrogen) atoms. The van der Waals surface area contributed by atoms with E-state index in [4.69, 9.17) is 10.7 Å². The van der Waals surface area contributed by atoms with Gasteiger partial charge in [0.15, 0.2) is 0 Å². The Labute approximate surface area is 118 Å². The van der Waals surface area contributed by atoms with Gasteiger partial charge in [-0.3, -0.25) is 0 Å². The Kier molecular flexibility index (Phi) is 3.21. The van der Waals surface area contributed by atoms with Crippen LogP contribution < -0.4 is 5.73 Å². The second-order valence-electron chi connectivity index (χ2n) is 5.62. The van der Waals surface area contributed by atoms with E-state index in [0.717, 1.165) is 24.2 Å². The van der Waals surface area contributed by atoms with Gasteiger partial charge in [0.25, 0.3) is 0 Å². The van der Waals surface area contributed by atoms with Crippen molar-refractivity contribution in [2.45, 2.75) is 44.4 Å². The molecule has 0 saturated carbocycles. The standard InChI is InChI=1S/C15H21N3S/c1-3-14-17-12-9-11(16)5-6-13(12)18(14)10-15(2)7-4-8-19-15/h5-6,9H,3-4,7-8,10,16H2,1-2H3. The van der Waals surface area contributed by atoms with Gasteiger partial charge in [0.05, 0.1) is 11.0 Å². The molecule has 3 nitrogen and oxygen atoms in total. The maximum absolute atomic E-state index is 5.86. The number of imidazole rings is 1. The molecule has 1 aromatic heterocycles. The van der Waals surface area contributed by atoms with Gasteiger partial charge in [-0.1, -0.05) is 6.92 Å². The number of hydrogen-bond acceptors (Lipinski definition) is 3. The lowest BCUT2D eigenvalue weighted by atomic mass is 10.1. The second kappa shape index (κ2) is 4.75. The Hall–Kier alpha value is -1.16. The topological polar surface area (TPSA) is 43.8 Å². The van der Waals surface area contributed by atoms with Crippen molar-refractivity contribution in [2.75, 3.05) is 11.5 Å². The molecule has 0 bridgehead atoms. The zero-order chi connectivity index (χ0) is 13.5. The minimum absolute atomic E-state index is 0.360. The summed E-state index contributed by atoms with van der Waals surface area (Å²) in [7, 11) is 0. The molecule has 1 saturated heterocycles.